The molecule has 3 heterocycles. The number of carbonyl (C=O) groups is 1. The molecule has 0 saturated carbocycles. The monoisotopic (exact) mass is 375 g/mol. The van der Waals surface area contributed by atoms with E-state index in [1.54, 1.807) is 23.5 Å². The molecule has 4 aromatic rings. The molecule has 0 aliphatic carbocycles. The number of thiazole rings is 1. The average molecular weight is 375 g/mol. The van der Waals surface area contributed by atoms with Crippen LogP contribution in [0.2, 0.25) is 0 Å². The van der Waals surface area contributed by atoms with E-state index in [0.29, 0.717) is 11.7 Å². The molecule has 0 bridgehead atoms. The van der Waals surface area contributed by atoms with Gasteiger partial charge in [-0.3, -0.25) is 19.7 Å². The maximum atomic E-state index is 13.2. The molecular weight excluding hydrogens is 358 g/mol. The third kappa shape index (κ3) is 3.41. The molecule has 1 amide bonds. The Morgan fingerprint density at radius 1 is 1.04 bits per heavy atom. The summed E-state index contributed by atoms with van der Waals surface area (Å²) in [5.41, 5.74) is 4.37. The number of aryl methyl sites for hydroxylation is 2. The Hall–Kier alpha value is -3.19. The number of hydrogen-bond acceptors (Lipinski definition) is 6. The van der Waals surface area contributed by atoms with E-state index >= 15 is 0 Å². The number of aromatic nitrogens is 4. The standard InChI is InChI=1S/C20H17N5OS/c1-13-5-6-14(2)18-17(13)24-20(27-18)25(12-15-4-3-7-21-10-15)19(26)16-11-22-8-9-23-16/h3-11H,12H2,1-2H3. The van der Waals surface area contributed by atoms with E-state index in [9.17, 15) is 4.79 Å². The van der Waals surface area contributed by atoms with Crippen molar-refractivity contribution >= 4 is 32.6 Å². The van der Waals surface area contributed by atoms with Crippen molar-refractivity contribution < 1.29 is 4.79 Å². The highest BCUT2D eigenvalue weighted by atomic mass is 32.1. The zero-order valence-electron chi connectivity index (χ0n) is 15.0. The first kappa shape index (κ1) is 17.2. The summed E-state index contributed by atoms with van der Waals surface area (Å²) in [6.45, 7) is 4.45. The van der Waals surface area contributed by atoms with Gasteiger partial charge in [-0.05, 0) is 36.6 Å². The third-order valence-corrected chi connectivity index (χ3v) is 5.47. The summed E-state index contributed by atoms with van der Waals surface area (Å²) in [7, 11) is 0. The second-order valence-electron chi connectivity index (χ2n) is 6.22. The van der Waals surface area contributed by atoms with E-state index in [1.807, 2.05) is 19.1 Å². The molecule has 0 radical (unpaired) electrons. The van der Waals surface area contributed by atoms with Crippen LogP contribution in [-0.2, 0) is 6.54 Å². The molecule has 0 unspecified atom stereocenters. The molecule has 0 spiro atoms. The normalized spacial score (nSPS) is 10.9. The van der Waals surface area contributed by atoms with Gasteiger partial charge in [-0.2, -0.15) is 0 Å². The highest BCUT2D eigenvalue weighted by molar-refractivity contribution is 7.22. The van der Waals surface area contributed by atoms with Gasteiger partial charge in [-0.25, -0.2) is 9.97 Å². The molecule has 6 nitrogen and oxygen atoms in total. The fraction of sp³-hybridized carbons (Fsp3) is 0.150. The third-order valence-electron chi connectivity index (χ3n) is 4.25. The Bertz CT molecular complexity index is 1060. The van der Waals surface area contributed by atoms with E-state index in [2.05, 4.69) is 34.0 Å². The summed E-state index contributed by atoms with van der Waals surface area (Å²) in [4.78, 5) is 31.9. The van der Waals surface area contributed by atoms with Crippen molar-refractivity contribution in [3.05, 3.63) is 77.6 Å². The zero-order valence-corrected chi connectivity index (χ0v) is 15.8. The Balaban J connectivity index is 1.81. The van der Waals surface area contributed by atoms with Crippen LogP contribution in [0.4, 0.5) is 5.13 Å². The van der Waals surface area contributed by atoms with E-state index in [-0.39, 0.29) is 11.6 Å². The van der Waals surface area contributed by atoms with Gasteiger partial charge in [0.25, 0.3) is 5.91 Å². The van der Waals surface area contributed by atoms with Gasteiger partial charge in [-0.1, -0.05) is 29.5 Å². The van der Waals surface area contributed by atoms with Gasteiger partial charge in [0.15, 0.2) is 5.13 Å². The largest absolute Gasteiger partial charge is 0.280 e. The fourth-order valence-corrected chi connectivity index (χ4v) is 3.92. The Morgan fingerprint density at radius 3 is 2.56 bits per heavy atom. The van der Waals surface area contributed by atoms with E-state index in [1.165, 1.54) is 23.7 Å². The van der Waals surface area contributed by atoms with Crippen molar-refractivity contribution in [3.63, 3.8) is 0 Å². The van der Waals surface area contributed by atoms with Crippen LogP contribution in [0.15, 0.2) is 55.2 Å². The van der Waals surface area contributed by atoms with Crippen LogP contribution in [0.3, 0.4) is 0 Å². The lowest BCUT2D eigenvalue weighted by atomic mass is 10.1. The topological polar surface area (TPSA) is 71.9 Å². The fourth-order valence-electron chi connectivity index (χ4n) is 2.81. The van der Waals surface area contributed by atoms with Gasteiger partial charge in [0.2, 0.25) is 0 Å². The first-order valence-electron chi connectivity index (χ1n) is 8.47. The number of amides is 1. The van der Waals surface area contributed by atoms with Crippen LogP contribution < -0.4 is 4.90 Å². The van der Waals surface area contributed by atoms with Gasteiger partial charge in [0.1, 0.15) is 5.69 Å². The van der Waals surface area contributed by atoms with Gasteiger partial charge in [-0.15, -0.1) is 0 Å². The van der Waals surface area contributed by atoms with Gasteiger partial charge >= 0.3 is 0 Å². The molecule has 1 aromatic carbocycles. The molecule has 0 aliphatic heterocycles. The predicted molar refractivity (Wildman–Crippen MR) is 106 cm³/mol. The van der Waals surface area contributed by atoms with Crippen LogP contribution in [-0.4, -0.2) is 25.8 Å². The number of nitrogens with zero attached hydrogens (tertiary/aromatic N) is 5. The smallest absolute Gasteiger partial charge is 0.278 e. The average Bonchev–Trinajstić information content (AvgIpc) is 3.16. The zero-order chi connectivity index (χ0) is 18.8. The highest BCUT2D eigenvalue weighted by Crippen LogP contribution is 2.34. The molecule has 7 heteroatoms. The van der Waals surface area contributed by atoms with Crippen molar-refractivity contribution in [2.75, 3.05) is 4.90 Å². The van der Waals surface area contributed by atoms with Crippen LogP contribution in [0.25, 0.3) is 10.2 Å². The number of benzene rings is 1. The molecule has 0 atom stereocenters. The lowest BCUT2D eigenvalue weighted by molar-refractivity contribution is 0.0980. The summed E-state index contributed by atoms with van der Waals surface area (Å²) in [6, 6.07) is 7.92. The Labute approximate surface area is 160 Å². The number of pyridine rings is 1. The second-order valence-corrected chi connectivity index (χ2v) is 7.19. The SMILES string of the molecule is Cc1ccc(C)c2sc(N(Cc3cccnc3)C(=O)c3cnccn3)nc12. The van der Waals surface area contributed by atoms with Crippen LogP contribution in [0.5, 0.6) is 0 Å². The first-order chi connectivity index (χ1) is 13.1. The molecule has 3 aromatic heterocycles. The molecule has 0 aliphatic rings. The van der Waals surface area contributed by atoms with Crippen molar-refractivity contribution in [2.45, 2.75) is 20.4 Å². The van der Waals surface area contributed by atoms with Crippen molar-refractivity contribution in [3.8, 4) is 0 Å². The molecule has 0 fully saturated rings. The maximum Gasteiger partial charge on any atom is 0.280 e. The molecule has 4 rings (SSSR count). The van der Waals surface area contributed by atoms with Gasteiger partial charge < -0.3 is 0 Å². The number of anilines is 1. The number of carbonyl (C=O) groups excluding carboxylic acids is 1. The lowest BCUT2D eigenvalue weighted by Crippen LogP contribution is -2.31. The quantitative estimate of drug-likeness (QED) is 0.540. The minimum Gasteiger partial charge on any atom is -0.278 e. The van der Waals surface area contributed by atoms with Crippen LogP contribution in [0, 0.1) is 13.8 Å². The number of fused-ring (bicyclic) bond motifs is 1. The lowest BCUT2D eigenvalue weighted by Gasteiger charge is -2.19. The summed E-state index contributed by atoms with van der Waals surface area (Å²) in [5.74, 6) is -0.235. The summed E-state index contributed by atoms with van der Waals surface area (Å²) in [5, 5.41) is 0.641. The van der Waals surface area contributed by atoms with Crippen LogP contribution in [0.1, 0.15) is 27.2 Å². The molecule has 27 heavy (non-hydrogen) atoms. The molecule has 134 valence electrons. The van der Waals surface area contributed by atoms with Gasteiger partial charge in [0.05, 0.1) is 23.0 Å². The summed E-state index contributed by atoms with van der Waals surface area (Å²) >= 11 is 1.51. The maximum absolute atomic E-state index is 13.2. The van der Waals surface area contributed by atoms with Crippen molar-refractivity contribution in [1.29, 1.82) is 0 Å². The first-order valence-corrected chi connectivity index (χ1v) is 9.28. The predicted octanol–water partition coefficient (Wildman–Crippen LogP) is 3.95. The second kappa shape index (κ2) is 7.20. The van der Waals surface area contributed by atoms with Crippen molar-refractivity contribution in [1.82, 2.24) is 19.9 Å². The Morgan fingerprint density at radius 2 is 1.85 bits per heavy atom. The van der Waals surface area contributed by atoms with E-state index in [0.717, 1.165) is 26.9 Å². The van der Waals surface area contributed by atoms with Crippen molar-refractivity contribution in [2.24, 2.45) is 0 Å². The number of hydrogen-bond donors (Lipinski definition) is 0. The summed E-state index contributed by atoms with van der Waals surface area (Å²) in [6.07, 6.45) is 8.00. The molecule has 0 N–H and O–H groups in total. The molecule has 0 saturated heterocycles. The van der Waals surface area contributed by atoms with Crippen LogP contribution >= 0.6 is 11.3 Å². The van der Waals surface area contributed by atoms with E-state index in [4.69, 9.17) is 4.98 Å². The number of rotatable bonds is 4. The molecular formula is C20H17N5OS. The van der Waals surface area contributed by atoms with E-state index < -0.39 is 0 Å². The minimum absolute atomic E-state index is 0.235. The Kier molecular flexibility index (Phi) is 4.60. The minimum atomic E-state index is -0.235. The summed E-state index contributed by atoms with van der Waals surface area (Å²) < 4.78 is 1.09. The highest BCUT2D eigenvalue weighted by Gasteiger charge is 2.23. The van der Waals surface area contributed by atoms with Gasteiger partial charge in [0, 0.05) is 24.8 Å².